The predicted molar refractivity (Wildman–Crippen MR) is 100 cm³/mol. The number of aromatic carboxylic acids is 1. The molecule has 0 bridgehead atoms. The van der Waals surface area contributed by atoms with Crippen molar-refractivity contribution in [3.8, 4) is 21.7 Å². The average molecular weight is 368 g/mol. The number of amides is 2. The van der Waals surface area contributed by atoms with Crippen LogP contribution in [-0.4, -0.2) is 33.6 Å². The molecule has 3 rings (SSSR count). The van der Waals surface area contributed by atoms with Crippen LogP contribution in [0.2, 0.25) is 0 Å². The van der Waals surface area contributed by atoms with Gasteiger partial charge in [0.05, 0.1) is 6.20 Å². The molecular weight excluding hydrogens is 352 g/mol. The normalized spacial score (nSPS) is 10.3. The SMILES string of the molecule is CCNC(=O)Nc1cc(-c2ccccc2)c(-c2ncc(C(=O)O)s2)cn1. The number of aromatic nitrogens is 2. The lowest BCUT2D eigenvalue weighted by Crippen LogP contribution is -2.28. The Labute approximate surface area is 153 Å². The van der Waals surface area contributed by atoms with E-state index in [2.05, 4.69) is 20.6 Å². The Morgan fingerprint density at radius 2 is 1.88 bits per heavy atom. The second kappa shape index (κ2) is 7.75. The number of pyridine rings is 1. The highest BCUT2D eigenvalue weighted by molar-refractivity contribution is 7.16. The van der Waals surface area contributed by atoms with Crippen molar-refractivity contribution in [3.63, 3.8) is 0 Å². The number of nitrogens with zero attached hydrogens (tertiary/aromatic N) is 2. The molecule has 26 heavy (non-hydrogen) atoms. The molecule has 0 saturated heterocycles. The van der Waals surface area contributed by atoms with Crippen molar-refractivity contribution in [2.24, 2.45) is 0 Å². The smallest absolute Gasteiger partial charge is 0.347 e. The number of thiazole rings is 1. The first-order valence-corrected chi connectivity index (χ1v) is 8.70. The number of hydrogen-bond donors (Lipinski definition) is 3. The lowest BCUT2D eigenvalue weighted by Gasteiger charge is -2.11. The lowest BCUT2D eigenvalue weighted by molar-refractivity contribution is 0.0702. The molecule has 0 spiro atoms. The van der Waals surface area contributed by atoms with Gasteiger partial charge in [-0.2, -0.15) is 0 Å². The van der Waals surface area contributed by atoms with Gasteiger partial charge in [-0.3, -0.25) is 5.32 Å². The van der Waals surface area contributed by atoms with Gasteiger partial charge in [-0.15, -0.1) is 11.3 Å². The summed E-state index contributed by atoms with van der Waals surface area (Å²) >= 11 is 1.08. The number of carbonyl (C=O) groups is 2. The van der Waals surface area contributed by atoms with Crippen LogP contribution in [0.15, 0.2) is 48.8 Å². The van der Waals surface area contributed by atoms with Gasteiger partial charge >= 0.3 is 12.0 Å². The third-order valence-corrected chi connectivity index (χ3v) is 4.53. The monoisotopic (exact) mass is 368 g/mol. The summed E-state index contributed by atoms with van der Waals surface area (Å²) in [5.41, 5.74) is 2.42. The summed E-state index contributed by atoms with van der Waals surface area (Å²) in [6.07, 6.45) is 2.92. The van der Waals surface area contributed by atoms with Crippen LogP contribution < -0.4 is 10.6 Å². The predicted octanol–water partition coefficient (Wildman–Crippen LogP) is 3.71. The Bertz CT molecular complexity index is 941. The second-order valence-corrected chi connectivity index (χ2v) is 6.33. The minimum atomic E-state index is -1.02. The standard InChI is InChI=1S/C18H16N4O3S/c1-2-19-18(25)22-15-8-12(11-6-4-3-5-7-11)13(9-20-15)16-21-10-14(26-16)17(23)24/h3-10H,2H2,1H3,(H,23,24)(H2,19,20,22,25). The van der Waals surface area contributed by atoms with E-state index in [1.807, 2.05) is 37.3 Å². The number of anilines is 1. The second-order valence-electron chi connectivity index (χ2n) is 5.30. The zero-order valence-electron chi connectivity index (χ0n) is 13.9. The molecule has 2 heterocycles. The molecule has 0 aliphatic carbocycles. The van der Waals surface area contributed by atoms with Crippen molar-refractivity contribution in [1.82, 2.24) is 15.3 Å². The number of hydrogen-bond acceptors (Lipinski definition) is 5. The zero-order valence-corrected chi connectivity index (χ0v) is 14.7. The highest BCUT2D eigenvalue weighted by Crippen LogP contribution is 2.35. The third kappa shape index (κ3) is 3.86. The van der Waals surface area contributed by atoms with Gasteiger partial charge in [0.2, 0.25) is 0 Å². The van der Waals surface area contributed by atoms with Gasteiger partial charge in [0.15, 0.2) is 0 Å². The molecule has 0 aliphatic rings. The first kappa shape index (κ1) is 17.6. The number of carboxylic acids is 1. The van der Waals surface area contributed by atoms with Gasteiger partial charge in [-0.1, -0.05) is 30.3 Å². The molecule has 7 nitrogen and oxygen atoms in total. The molecule has 8 heteroatoms. The largest absolute Gasteiger partial charge is 0.477 e. The van der Waals surface area contributed by atoms with E-state index in [9.17, 15) is 9.59 Å². The number of benzene rings is 1. The average Bonchev–Trinajstić information content (AvgIpc) is 3.13. The van der Waals surface area contributed by atoms with Crippen molar-refractivity contribution in [2.45, 2.75) is 6.92 Å². The molecule has 0 fully saturated rings. The summed E-state index contributed by atoms with van der Waals surface area (Å²) in [7, 11) is 0. The molecule has 0 saturated carbocycles. The van der Waals surface area contributed by atoms with Crippen LogP contribution in [0, 0.1) is 0 Å². The van der Waals surface area contributed by atoms with Crippen LogP contribution >= 0.6 is 11.3 Å². The molecule has 0 unspecified atom stereocenters. The van der Waals surface area contributed by atoms with Crippen LogP contribution in [0.1, 0.15) is 16.6 Å². The molecule has 132 valence electrons. The molecule has 3 aromatic rings. The molecular formula is C18H16N4O3S. The number of nitrogens with one attached hydrogen (secondary N) is 2. The quantitative estimate of drug-likeness (QED) is 0.637. The Balaban J connectivity index is 2.05. The van der Waals surface area contributed by atoms with E-state index in [1.54, 1.807) is 12.3 Å². The van der Waals surface area contributed by atoms with E-state index in [4.69, 9.17) is 5.11 Å². The Kier molecular flexibility index (Phi) is 5.23. The van der Waals surface area contributed by atoms with Gasteiger partial charge in [-0.25, -0.2) is 19.6 Å². The Morgan fingerprint density at radius 3 is 2.54 bits per heavy atom. The number of rotatable bonds is 5. The van der Waals surface area contributed by atoms with Crippen molar-refractivity contribution in [2.75, 3.05) is 11.9 Å². The molecule has 1 aromatic carbocycles. The van der Waals surface area contributed by atoms with Crippen molar-refractivity contribution < 1.29 is 14.7 Å². The molecule has 3 N–H and O–H groups in total. The maximum atomic E-state index is 11.8. The molecule has 0 aliphatic heterocycles. The van der Waals surface area contributed by atoms with Gasteiger partial charge in [0.1, 0.15) is 15.7 Å². The Hall–Kier alpha value is -3.26. The van der Waals surface area contributed by atoms with Crippen molar-refractivity contribution in [1.29, 1.82) is 0 Å². The fourth-order valence-electron chi connectivity index (χ4n) is 2.37. The molecule has 0 radical (unpaired) electrons. The van der Waals surface area contributed by atoms with Gasteiger partial charge < -0.3 is 10.4 Å². The minimum absolute atomic E-state index is 0.156. The van der Waals surface area contributed by atoms with E-state index < -0.39 is 5.97 Å². The van der Waals surface area contributed by atoms with E-state index in [-0.39, 0.29) is 10.9 Å². The van der Waals surface area contributed by atoms with Crippen molar-refractivity contribution in [3.05, 3.63) is 53.7 Å². The first-order chi connectivity index (χ1) is 12.6. The van der Waals surface area contributed by atoms with Gasteiger partial charge in [-0.05, 0) is 24.1 Å². The molecule has 2 aromatic heterocycles. The number of carboxylic acid groups (broad SMARTS) is 1. The highest BCUT2D eigenvalue weighted by Gasteiger charge is 2.16. The number of carbonyl (C=O) groups excluding carboxylic acids is 1. The zero-order chi connectivity index (χ0) is 18.5. The maximum Gasteiger partial charge on any atom is 0.347 e. The van der Waals surface area contributed by atoms with Gasteiger partial charge in [0.25, 0.3) is 0 Å². The van der Waals surface area contributed by atoms with Crippen LogP contribution in [0.5, 0.6) is 0 Å². The number of urea groups is 1. The van der Waals surface area contributed by atoms with Crippen LogP contribution in [0.25, 0.3) is 21.7 Å². The lowest BCUT2D eigenvalue weighted by atomic mass is 10.0. The van der Waals surface area contributed by atoms with Crippen LogP contribution in [0.4, 0.5) is 10.6 Å². The van der Waals surface area contributed by atoms with E-state index >= 15 is 0 Å². The fraction of sp³-hybridized carbons (Fsp3) is 0.111. The summed E-state index contributed by atoms with van der Waals surface area (Å²) in [5, 5.41) is 15.0. The minimum Gasteiger partial charge on any atom is -0.477 e. The van der Waals surface area contributed by atoms with E-state index in [0.29, 0.717) is 22.9 Å². The molecule has 0 atom stereocenters. The van der Waals surface area contributed by atoms with Crippen LogP contribution in [-0.2, 0) is 0 Å². The fourth-order valence-corrected chi connectivity index (χ4v) is 3.15. The summed E-state index contributed by atoms with van der Waals surface area (Å²) in [5.74, 6) is -0.619. The van der Waals surface area contributed by atoms with Crippen molar-refractivity contribution >= 4 is 29.2 Å². The Morgan fingerprint density at radius 1 is 1.12 bits per heavy atom. The summed E-state index contributed by atoms with van der Waals surface area (Å²) in [6, 6.07) is 11.0. The topological polar surface area (TPSA) is 104 Å². The maximum absolute atomic E-state index is 11.8. The third-order valence-electron chi connectivity index (χ3n) is 3.51. The van der Waals surface area contributed by atoms with Crippen LogP contribution in [0.3, 0.4) is 0 Å². The summed E-state index contributed by atoms with van der Waals surface area (Å²) in [4.78, 5) is 31.5. The summed E-state index contributed by atoms with van der Waals surface area (Å²) < 4.78 is 0. The van der Waals surface area contributed by atoms with E-state index in [0.717, 1.165) is 22.5 Å². The first-order valence-electron chi connectivity index (χ1n) is 7.88. The van der Waals surface area contributed by atoms with Gasteiger partial charge in [0, 0.05) is 18.3 Å². The van der Waals surface area contributed by atoms with E-state index in [1.165, 1.54) is 6.20 Å². The highest BCUT2D eigenvalue weighted by atomic mass is 32.1. The molecule has 2 amide bonds. The summed E-state index contributed by atoms with van der Waals surface area (Å²) in [6.45, 7) is 2.33.